The van der Waals surface area contributed by atoms with Crippen molar-refractivity contribution in [2.45, 2.75) is 11.4 Å². The Morgan fingerprint density at radius 3 is 2.95 bits per heavy atom. The van der Waals surface area contributed by atoms with Gasteiger partial charge in [0.05, 0.1) is 11.4 Å². The lowest BCUT2D eigenvalue weighted by atomic mass is 10.2. The van der Waals surface area contributed by atoms with E-state index in [2.05, 4.69) is 10.6 Å². The molecule has 0 saturated carbocycles. The summed E-state index contributed by atoms with van der Waals surface area (Å²) in [5.41, 5.74) is 9.59. The quantitative estimate of drug-likeness (QED) is 0.759. The molecule has 0 aromatic heterocycles. The Balaban J connectivity index is 1.74. The van der Waals surface area contributed by atoms with E-state index in [1.807, 2.05) is 42.5 Å². The fraction of sp³-hybridized carbons (Fsp3) is 0.133. The first kappa shape index (κ1) is 12.9. The number of anilines is 3. The molecule has 0 aliphatic carbocycles. The summed E-state index contributed by atoms with van der Waals surface area (Å²) in [6.07, 6.45) is 0. The highest BCUT2D eigenvalue weighted by Gasteiger charge is 2.15. The van der Waals surface area contributed by atoms with Crippen molar-refractivity contribution in [2.75, 3.05) is 22.1 Å². The molecule has 0 saturated heterocycles. The summed E-state index contributed by atoms with van der Waals surface area (Å²) in [6, 6.07) is 13.8. The fourth-order valence-electron chi connectivity index (χ4n) is 2.09. The molecule has 0 fully saturated rings. The van der Waals surface area contributed by atoms with Gasteiger partial charge in [-0.2, -0.15) is 0 Å². The van der Waals surface area contributed by atoms with Crippen LogP contribution in [0.25, 0.3) is 0 Å². The van der Waals surface area contributed by atoms with Gasteiger partial charge in [-0.05, 0) is 29.8 Å². The summed E-state index contributed by atoms with van der Waals surface area (Å²) in [7, 11) is 0. The van der Waals surface area contributed by atoms with Crippen LogP contribution in [0.4, 0.5) is 17.1 Å². The first-order valence-electron chi connectivity index (χ1n) is 6.36. The number of carbonyl (C=O) groups is 1. The average Bonchev–Trinajstić information content (AvgIpc) is 2.46. The molecule has 0 unspecified atom stereocenters. The minimum absolute atomic E-state index is 0.0481. The van der Waals surface area contributed by atoms with Gasteiger partial charge in [0, 0.05) is 22.8 Å². The van der Waals surface area contributed by atoms with E-state index in [-0.39, 0.29) is 5.91 Å². The Hall–Kier alpha value is -2.14. The topological polar surface area (TPSA) is 67.2 Å². The molecule has 1 heterocycles. The summed E-state index contributed by atoms with van der Waals surface area (Å²) >= 11 is 1.56. The number of carbonyl (C=O) groups excluding carboxylic acids is 1. The Morgan fingerprint density at radius 1 is 1.25 bits per heavy atom. The molecule has 5 heteroatoms. The maximum atomic E-state index is 11.4. The van der Waals surface area contributed by atoms with Crippen LogP contribution in [0.5, 0.6) is 0 Å². The first-order chi connectivity index (χ1) is 9.72. The number of thioether (sulfide) groups is 1. The van der Waals surface area contributed by atoms with Gasteiger partial charge in [0.15, 0.2) is 0 Å². The van der Waals surface area contributed by atoms with Crippen LogP contribution in [-0.4, -0.2) is 11.7 Å². The normalized spacial score (nSPS) is 13.5. The third kappa shape index (κ3) is 2.72. The molecule has 0 radical (unpaired) electrons. The van der Waals surface area contributed by atoms with Crippen LogP contribution in [0.15, 0.2) is 47.4 Å². The van der Waals surface area contributed by atoms with Crippen molar-refractivity contribution >= 4 is 34.7 Å². The number of nitrogens with one attached hydrogen (secondary N) is 2. The number of hydrogen-bond donors (Lipinski definition) is 3. The molecule has 4 nitrogen and oxygen atoms in total. The predicted molar refractivity (Wildman–Crippen MR) is 84.0 cm³/mol. The lowest BCUT2D eigenvalue weighted by molar-refractivity contribution is -0.113. The Kier molecular flexibility index (Phi) is 3.52. The van der Waals surface area contributed by atoms with Gasteiger partial charge in [0.2, 0.25) is 5.91 Å². The number of fused-ring (bicyclic) bond motifs is 1. The van der Waals surface area contributed by atoms with Crippen molar-refractivity contribution in [1.82, 2.24) is 0 Å². The highest BCUT2D eigenvalue weighted by molar-refractivity contribution is 8.00. The molecular weight excluding hydrogens is 270 g/mol. The first-order valence-corrected chi connectivity index (χ1v) is 7.35. The van der Waals surface area contributed by atoms with Gasteiger partial charge in [-0.15, -0.1) is 11.8 Å². The molecule has 1 aliphatic heterocycles. The second kappa shape index (κ2) is 5.46. The molecule has 3 rings (SSSR count). The van der Waals surface area contributed by atoms with Gasteiger partial charge in [-0.1, -0.05) is 18.2 Å². The molecule has 2 aromatic carbocycles. The van der Waals surface area contributed by atoms with Crippen molar-refractivity contribution in [1.29, 1.82) is 0 Å². The molecule has 20 heavy (non-hydrogen) atoms. The standard InChI is InChI=1S/C15H15N3OS/c16-12-4-2-1-3-10(12)8-17-11-5-6-14-13(7-11)18-15(19)9-20-14/h1-7,17H,8-9,16H2,(H,18,19). The number of hydrogen-bond acceptors (Lipinski definition) is 4. The third-order valence-corrected chi connectivity index (χ3v) is 4.22. The Bertz CT molecular complexity index is 657. The van der Waals surface area contributed by atoms with Crippen LogP contribution in [0.2, 0.25) is 0 Å². The van der Waals surface area contributed by atoms with Crippen LogP contribution >= 0.6 is 11.8 Å². The van der Waals surface area contributed by atoms with Crippen LogP contribution in [0.3, 0.4) is 0 Å². The van der Waals surface area contributed by atoms with Crippen LogP contribution in [0.1, 0.15) is 5.56 Å². The van der Waals surface area contributed by atoms with E-state index >= 15 is 0 Å². The summed E-state index contributed by atoms with van der Waals surface area (Å²) in [5.74, 6) is 0.535. The summed E-state index contributed by atoms with van der Waals surface area (Å²) in [4.78, 5) is 12.5. The molecule has 0 atom stereocenters. The largest absolute Gasteiger partial charge is 0.398 e. The van der Waals surface area contributed by atoms with Crippen LogP contribution in [-0.2, 0) is 11.3 Å². The summed E-state index contributed by atoms with van der Waals surface area (Å²) in [6.45, 7) is 0.659. The maximum Gasteiger partial charge on any atom is 0.234 e. The van der Waals surface area contributed by atoms with E-state index in [9.17, 15) is 4.79 Å². The number of amides is 1. The molecule has 0 spiro atoms. The Morgan fingerprint density at radius 2 is 2.10 bits per heavy atom. The van der Waals surface area contributed by atoms with Gasteiger partial charge < -0.3 is 16.4 Å². The van der Waals surface area contributed by atoms with Crippen molar-refractivity contribution in [2.24, 2.45) is 0 Å². The SMILES string of the molecule is Nc1ccccc1CNc1ccc2c(c1)NC(=O)CS2. The second-order valence-electron chi connectivity index (χ2n) is 4.60. The number of rotatable bonds is 3. The number of para-hydroxylation sites is 1. The lowest BCUT2D eigenvalue weighted by Gasteiger charge is -2.17. The van der Waals surface area contributed by atoms with E-state index in [0.717, 1.165) is 27.5 Å². The molecule has 0 bridgehead atoms. The van der Waals surface area contributed by atoms with Crippen molar-refractivity contribution in [3.8, 4) is 0 Å². The highest BCUT2D eigenvalue weighted by Crippen LogP contribution is 2.33. The van der Waals surface area contributed by atoms with Gasteiger partial charge >= 0.3 is 0 Å². The van der Waals surface area contributed by atoms with Gasteiger partial charge in [-0.25, -0.2) is 0 Å². The zero-order valence-electron chi connectivity index (χ0n) is 10.8. The highest BCUT2D eigenvalue weighted by atomic mass is 32.2. The summed E-state index contributed by atoms with van der Waals surface area (Å²) in [5, 5.41) is 6.21. The van der Waals surface area contributed by atoms with Gasteiger partial charge in [0.1, 0.15) is 0 Å². The average molecular weight is 285 g/mol. The van der Waals surface area contributed by atoms with E-state index < -0.39 is 0 Å². The molecule has 1 amide bonds. The second-order valence-corrected chi connectivity index (χ2v) is 5.62. The van der Waals surface area contributed by atoms with Crippen LogP contribution in [0, 0.1) is 0 Å². The lowest BCUT2D eigenvalue weighted by Crippen LogP contribution is -2.18. The number of nitrogens with two attached hydrogens (primary N) is 1. The van der Waals surface area contributed by atoms with E-state index in [1.54, 1.807) is 11.8 Å². The van der Waals surface area contributed by atoms with E-state index in [4.69, 9.17) is 5.73 Å². The molecule has 4 N–H and O–H groups in total. The molecule has 102 valence electrons. The zero-order valence-corrected chi connectivity index (χ0v) is 11.7. The molecule has 2 aromatic rings. The van der Waals surface area contributed by atoms with Crippen molar-refractivity contribution in [3.63, 3.8) is 0 Å². The predicted octanol–water partition coefficient (Wildman–Crippen LogP) is 2.93. The smallest absolute Gasteiger partial charge is 0.234 e. The van der Waals surface area contributed by atoms with Crippen LogP contribution < -0.4 is 16.4 Å². The zero-order chi connectivity index (χ0) is 13.9. The van der Waals surface area contributed by atoms with Gasteiger partial charge in [-0.3, -0.25) is 4.79 Å². The fourth-order valence-corrected chi connectivity index (χ4v) is 2.87. The number of nitrogen functional groups attached to an aromatic ring is 1. The molecular formula is C15H15N3OS. The maximum absolute atomic E-state index is 11.4. The van der Waals surface area contributed by atoms with E-state index in [0.29, 0.717) is 12.3 Å². The molecule has 1 aliphatic rings. The Labute approximate surface area is 121 Å². The third-order valence-electron chi connectivity index (χ3n) is 3.15. The monoisotopic (exact) mass is 285 g/mol. The summed E-state index contributed by atoms with van der Waals surface area (Å²) < 4.78 is 0. The number of benzene rings is 2. The minimum Gasteiger partial charge on any atom is -0.398 e. The minimum atomic E-state index is 0.0481. The van der Waals surface area contributed by atoms with Crippen molar-refractivity contribution in [3.05, 3.63) is 48.0 Å². The van der Waals surface area contributed by atoms with Gasteiger partial charge in [0.25, 0.3) is 0 Å². The van der Waals surface area contributed by atoms with E-state index in [1.165, 1.54) is 0 Å². The van der Waals surface area contributed by atoms with Crippen molar-refractivity contribution < 1.29 is 4.79 Å².